The van der Waals surface area contributed by atoms with Gasteiger partial charge in [0.25, 0.3) is 0 Å². The van der Waals surface area contributed by atoms with E-state index >= 15 is 0 Å². The topological polar surface area (TPSA) is 55.8 Å². The van der Waals surface area contributed by atoms with Gasteiger partial charge in [0.1, 0.15) is 18.3 Å². The summed E-state index contributed by atoms with van der Waals surface area (Å²) in [5.74, 6) is 0.883. The highest BCUT2D eigenvalue weighted by Crippen LogP contribution is 2.44. The molecule has 9 heteroatoms. The predicted octanol–water partition coefficient (Wildman–Crippen LogP) is 3.72. The van der Waals surface area contributed by atoms with Gasteiger partial charge in [-0.1, -0.05) is 37.6 Å². The molecule has 2 aliphatic heterocycles. The van der Waals surface area contributed by atoms with Gasteiger partial charge in [0, 0.05) is 69.5 Å². The van der Waals surface area contributed by atoms with Crippen molar-refractivity contribution < 1.29 is 9.18 Å². The second-order valence-electron chi connectivity index (χ2n) is 10.3. The summed E-state index contributed by atoms with van der Waals surface area (Å²) in [5, 5.41) is 0.678. The number of benzene rings is 1. The van der Waals surface area contributed by atoms with E-state index in [-0.39, 0.29) is 17.7 Å². The van der Waals surface area contributed by atoms with Crippen molar-refractivity contribution in [1.29, 1.82) is 0 Å². The molecule has 7 nitrogen and oxygen atoms in total. The molecule has 36 heavy (non-hydrogen) atoms. The molecule has 3 heterocycles. The molecule has 0 spiro atoms. The summed E-state index contributed by atoms with van der Waals surface area (Å²) < 4.78 is 14.4. The number of carbonyl (C=O) groups excluding carboxylic acids is 1. The number of aromatic nitrogens is 2. The van der Waals surface area contributed by atoms with Gasteiger partial charge in [0.15, 0.2) is 0 Å². The number of nitrogens with zero attached hydrogens (tertiary/aromatic N) is 6. The van der Waals surface area contributed by atoms with Crippen molar-refractivity contribution in [2.45, 2.75) is 38.3 Å². The zero-order chi connectivity index (χ0) is 25.2. The van der Waals surface area contributed by atoms with Crippen LogP contribution in [0.3, 0.4) is 0 Å². The first-order valence-corrected chi connectivity index (χ1v) is 13.5. The van der Waals surface area contributed by atoms with Gasteiger partial charge in [-0.3, -0.25) is 9.69 Å². The van der Waals surface area contributed by atoms with Crippen LogP contribution in [-0.4, -0.2) is 96.0 Å². The van der Waals surface area contributed by atoms with Gasteiger partial charge >= 0.3 is 0 Å². The van der Waals surface area contributed by atoms with Crippen LogP contribution in [0, 0.1) is 0 Å². The zero-order valence-corrected chi connectivity index (χ0v) is 22.0. The molecule has 0 N–H and O–H groups in total. The van der Waals surface area contributed by atoms with Crippen LogP contribution < -0.4 is 4.90 Å². The maximum Gasteiger partial charge on any atom is 0.231 e. The summed E-state index contributed by atoms with van der Waals surface area (Å²) in [6, 6.07) is 7.73. The second-order valence-corrected chi connectivity index (χ2v) is 10.7. The van der Waals surface area contributed by atoms with Crippen LogP contribution in [0.1, 0.15) is 55.1 Å². The molecule has 194 valence electrons. The standard InChI is InChI=1S/C27H36ClFN6O/c1-3-32-8-10-33(11-9-32)17-22(20-4-6-21(28)7-5-20)27(36)35-14-12-34(13-15-35)26-24-19(2)16-23(29)25(24)30-18-31-26/h4-7,18-19,22-23H,3,8-17H2,1-2H3/t19-,22+,23-/m1/s1. The fourth-order valence-electron chi connectivity index (χ4n) is 5.84. The summed E-state index contributed by atoms with van der Waals surface area (Å²) in [5.41, 5.74) is 2.49. The largest absolute Gasteiger partial charge is 0.353 e. The van der Waals surface area contributed by atoms with Gasteiger partial charge in [-0.25, -0.2) is 14.4 Å². The molecule has 2 aromatic rings. The molecular weight excluding hydrogens is 479 g/mol. The molecular formula is C27H36ClFN6O. The van der Waals surface area contributed by atoms with E-state index in [2.05, 4.69) is 31.6 Å². The number of amides is 1. The molecule has 1 aromatic heterocycles. The van der Waals surface area contributed by atoms with Gasteiger partial charge < -0.3 is 14.7 Å². The first kappa shape index (κ1) is 25.4. The van der Waals surface area contributed by atoms with Gasteiger partial charge in [0.05, 0.1) is 11.6 Å². The number of anilines is 1. The Hall–Kier alpha value is -2.29. The number of alkyl halides is 1. The van der Waals surface area contributed by atoms with E-state index in [4.69, 9.17) is 11.6 Å². The Morgan fingerprint density at radius 2 is 1.69 bits per heavy atom. The monoisotopic (exact) mass is 514 g/mol. The number of carbonyl (C=O) groups is 1. The van der Waals surface area contributed by atoms with Crippen molar-refractivity contribution in [3.05, 3.63) is 52.4 Å². The fraction of sp³-hybridized carbons (Fsp3) is 0.593. The van der Waals surface area contributed by atoms with Gasteiger partial charge in [-0.05, 0) is 36.6 Å². The molecule has 0 unspecified atom stereocenters. The predicted molar refractivity (Wildman–Crippen MR) is 140 cm³/mol. The quantitative estimate of drug-likeness (QED) is 0.585. The zero-order valence-electron chi connectivity index (χ0n) is 21.2. The van der Waals surface area contributed by atoms with E-state index in [1.54, 1.807) is 0 Å². The third-order valence-electron chi connectivity index (χ3n) is 8.06. The molecule has 2 saturated heterocycles. The van der Waals surface area contributed by atoms with Crippen molar-refractivity contribution in [1.82, 2.24) is 24.7 Å². The Morgan fingerprint density at radius 1 is 1.03 bits per heavy atom. The maximum absolute atomic E-state index is 14.4. The molecule has 3 aliphatic rings. The SMILES string of the molecule is CCN1CCN(C[C@H](C(=O)N2CCN(c3ncnc4c3[C@H](C)C[C@H]4F)CC2)c2ccc(Cl)cc2)CC1. The highest BCUT2D eigenvalue weighted by molar-refractivity contribution is 6.30. The Morgan fingerprint density at radius 3 is 2.36 bits per heavy atom. The number of rotatable bonds is 6. The van der Waals surface area contributed by atoms with Crippen LogP contribution in [0.15, 0.2) is 30.6 Å². The molecule has 2 fully saturated rings. The smallest absolute Gasteiger partial charge is 0.231 e. The highest BCUT2D eigenvalue weighted by Gasteiger charge is 2.36. The number of likely N-dealkylation sites (N-methyl/N-ethyl adjacent to an activating group) is 1. The first-order valence-electron chi connectivity index (χ1n) is 13.2. The van der Waals surface area contributed by atoms with Crippen LogP contribution in [0.2, 0.25) is 5.02 Å². The van der Waals surface area contributed by atoms with Crippen LogP contribution in [0.4, 0.5) is 10.2 Å². The van der Waals surface area contributed by atoms with E-state index in [0.717, 1.165) is 49.7 Å². The minimum Gasteiger partial charge on any atom is -0.353 e. The van der Waals surface area contributed by atoms with E-state index in [9.17, 15) is 9.18 Å². The third-order valence-corrected chi connectivity index (χ3v) is 8.31. The van der Waals surface area contributed by atoms with E-state index in [0.29, 0.717) is 49.9 Å². The van der Waals surface area contributed by atoms with Crippen LogP contribution in [-0.2, 0) is 4.79 Å². The fourth-order valence-corrected chi connectivity index (χ4v) is 5.97. The molecule has 1 aliphatic carbocycles. The van der Waals surface area contributed by atoms with E-state index in [1.165, 1.54) is 6.33 Å². The minimum atomic E-state index is -1.01. The van der Waals surface area contributed by atoms with Crippen molar-refractivity contribution in [2.75, 3.05) is 70.3 Å². The van der Waals surface area contributed by atoms with E-state index < -0.39 is 6.17 Å². The Labute approximate surface area is 218 Å². The van der Waals surface area contributed by atoms with Crippen molar-refractivity contribution >= 4 is 23.3 Å². The lowest BCUT2D eigenvalue weighted by atomic mass is 9.96. The Bertz CT molecular complexity index is 1050. The summed E-state index contributed by atoms with van der Waals surface area (Å²) in [6.07, 6.45) is 0.930. The average Bonchev–Trinajstić information content (AvgIpc) is 3.21. The summed E-state index contributed by atoms with van der Waals surface area (Å²) >= 11 is 6.15. The highest BCUT2D eigenvalue weighted by atomic mass is 35.5. The molecule has 5 rings (SSSR count). The summed E-state index contributed by atoms with van der Waals surface area (Å²) in [6.45, 7) is 12.7. The maximum atomic E-state index is 14.4. The van der Waals surface area contributed by atoms with Crippen molar-refractivity contribution in [2.24, 2.45) is 0 Å². The number of halogens is 2. The second kappa shape index (κ2) is 11.0. The van der Waals surface area contributed by atoms with Crippen molar-refractivity contribution in [3.63, 3.8) is 0 Å². The average molecular weight is 515 g/mol. The van der Waals surface area contributed by atoms with Crippen molar-refractivity contribution in [3.8, 4) is 0 Å². The first-order chi connectivity index (χ1) is 17.4. The molecule has 3 atom stereocenters. The van der Waals surface area contributed by atoms with Gasteiger partial charge in [0.2, 0.25) is 5.91 Å². The molecule has 0 bridgehead atoms. The Balaban J connectivity index is 1.28. The molecule has 1 aromatic carbocycles. The van der Waals surface area contributed by atoms with Crippen LogP contribution in [0.25, 0.3) is 0 Å². The lowest BCUT2D eigenvalue weighted by molar-refractivity contribution is -0.133. The lowest BCUT2D eigenvalue weighted by Gasteiger charge is -2.40. The molecule has 0 saturated carbocycles. The molecule has 1 amide bonds. The lowest BCUT2D eigenvalue weighted by Crippen LogP contribution is -2.53. The number of hydrogen-bond acceptors (Lipinski definition) is 6. The van der Waals surface area contributed by atoms with Gasteiger partial charge in [-0.2, -0.15) is 0 Å². The Kier molecular flexibility index (Phi) is 7.74. The summed E-state index contributed by atoms with van der Waals surface area (Å²) in [4.78, 5) is 31.7. The van der Waals surface area contributed by atoms with E-state index in [1.807, 2.05) is 36.1 Å². The normalized spacial score (nSPS) is 24.1. The minimum absolute atomic E-state index is 0.105. The number of hydrogen-bond donors (Lipinski definition) is 0. The van der Waals surface area contributed by atoms with Gasteiger partial charge in [-0.15, -0.1) is 0 Å². The molecule has 0 radical (unpaired) electrons. The number of fused-ring (bicyclic) bond motifs is 1. The third kappa shape index (κ3) is 5.22. The van der Waals surface area contributed by atoms with Crippen LogP contribution >= 0.6 is 11.6 Å². The number of piperazine rings is 2. The summed E-state index contributed by atoms with van der Waals surface area (Å²) in [7, 11) is 0. The van der Waals surface area contributed by atoms with Crippen LogP contribution in [0.5, 0.6) is 0 Å².